The van der Waals surface area contributed by atoms with Gasteiger partial charge in [0.15, 0.2) is 5.82 Å². The molecule has 1 N–H and O–H groups in total. The van der Waals surface area contributed by atoms with E-state index >= 15 is 0 Å². The Labute approximate surface area is 123 Å². The quantitative estimate of drug-likeness (QED) is 0.562. The number of nitrogens with one attached hydrogen (secondary N) is 1. The molecule has 2 rings (SSSR count). The second-order valence-corrected chi connectivity index (χ2v) is 5.70. The SMILES string of the molecule is C=CCC(CC)CCNCc1noc(-c2cccs2)n1. The largest absolute Gasteiger partial charge is 0.333 e. The van der Waals surface area contributed by atoms with Gasteiger partial charge in [0.1, 0.15) is 0 Å². The van der Waals surface area contributed by atoms with Crippen LogP contribution in [0.15, 0.2) is 34.7 Å². The van der Waals surface area contributed by atoms with Gasteiger partial charge in [0.2, 0.25) is 0 Å². The fraction of sp³-hybridized carbons (Fsp3) is 0.467. The normalized spacial score (nSPS) is 12.4. The summed E-state index contributed by atoms with van der Waals surface area (Å²) < 4.78 is 5.24. The van der Waals surface area contributed by atoms with Crippen LogP contribution in [-0.2, 0) is 6.54 Å². The first-order valence-electron chi connectivity index (χ1n) is 7.01. The Bertz CT molecular complexity index is 507. The smallest absolute Gasteiger partial charge is 0.268 e. The Kier molecular flexibility index (Phi) is 5.95. The van der Waals surface area contributed by atoms with Crippen LogP contribution in [0.4, 0.5) is 0 Å². The average Bonchev–Trinajstić information content (AvgIpc) is 3.12. The minimum Gasteiger partial charge on any atom is -0.333 e. The molecule has 0 spiro atoms. The van der Waals surface area contributed by atoms with E-state index in [1.807, 2.05) is 23.6 Å². The van der Waals surface area contributed by atoms with Gasteiger partial charge in [0.05, 0.1) is 11.4 Å². The molecule has 0 fully saturated rings. The van der Waals surface area contributed by atoms with E-state index < -0.39 is 0 Å². The molecule has 1 unspecified atom stereocenters. The molecule has 20 heavy (non-hydrogen) atoms. The summed E-state index contributed by atoms with van der Waals surface area (Å²) in [4.78, 5) is 5.39. The lowest BCUT2D eigenvalue weighted by atomic mass is 9.99. The second kappa shape index (κ2) is 7.97. The summed E-state index contributed by atoms with van der Waals surface area (Å²) in [5.74, 6) is 2.03. The van der Waals surface area contributed by atoms with Crippen LogP contribution in [0.5, 0.6) is 0 Å². The van der Waals surface area contributed by atoms with E-state index in [-0.39, 0.29) is 0 Å². The molecule has 1 atom stereocenters. The van der Waals surface area contributed by atoms with Crippen molar-refractivity contribution < 1.29 is 4.52 Å². The van der Waals surface area contributed by atoms with Gasteiger partial charge in [-0.3, -0.25) is 0 Å². The summed E-state index contributed by atoms with van der Waals surface area (Å²) >= 11 is 1.60. The maximum atomic E-state index is 5.24. The number of hydrogen-bond donors (Lipinski definition) is 1. The summed E-state index contributed by atoms with van der Waals surface area (Å²) in [7, 11) is 0. The van der Waals surface area contributed by atoms with Crippen molar-refractivity contribution in [2.75, 3.05) is 6.54 Å². The number of nitrogens with zero attached hydrogens (tertiary/aromatic N) is 2. The van der Waals surface area contributed by atoms with E-state index in [2.05, 4.69) is 29.0 Å². The number of allylic oxidation sites excluding steroid dienone is 1. The van der Waals surface area contributed by atoms with E-state index in [1.165, 1.54) is 6.42 Å². The van der Waals surface area contributed by atoms with Gasteiger partial charge in [-0.15, -0.1) is 17.9 Å². The molecule has 108 valence electrons. The Hall–Kier alpha value is -1.46. The standard InChI is InChI=1S/C15H21N3OS/c1-3-6-12(4-2)8-9-16-11-14-17-15(19-18-14)13-7-5-10-20-13/h3,5,7,10,12,16H,1,4,6,8-9,11H2,2H3. The maximum absolute atomic E-state index is 5.24. The van der Waals surface area contributed by atoms with Crippen molar-refractivity contribution in [2.45, 2.75) is 32.7 Å². The summed E-state index contributed by atoms with van der Waals surface area (Å²) in [6, 6.07) is 3.96. The van der Waals surface area contributed by atoms with Gasteiger partial charge in [0, 0.05) is 0 Å². The van der Waals surface area contributed by atoms with Gasteiger partial charge in [-0.05, 0) is 36.8 Å². The maximum Gasteiger partial charge on any atom is 0.268 e. The van der Waals surface area contributed by atoms with Crippen molar-refractivity contribution in [3.05, 3.63) is 36.0 Å². The molecule has 4 nitrogen and oxygen atoms in total. The van der Waals surface area contributed by atoms with Gasteiger partial charge >= 0.3 is 0 Å². The monoisotopic (exact) mass is 291 g/mol. The highest BCUT2D eigenvalue weighted by atomic mass is 32.1. The van der Waals surface area contributed by atoms with Crippen molar-refractivity contribution in [3.63, 3.8) is 0 Å². The van der Waals surface area contributed by atoms with Gasteiger partial charge < -0.3 is 9.84 Å². The van der Waals surface area contributed by atoms with E-state index in [0.717, 1.165) is 24.3 Å². The third-order valence-corrected chi connectivity index (χ3v) is 4.15. The summed E-state index contributed by atoms with van der Waals surface area (Å²) in [5.41, 5.74) is 0. The highest BCUT2D eigenvalue weighted by Gasteiger charge is 2.09. The zero-order valence-corrected chi connectivity index (χ0v) is 12.7. The van der Waals surface area contributed by atoms with Crippen molar-refractivity contribution in [3.8, 4) is 10.8 Å². The first kappa shape index (κ1) is 14.9. The van der Waals surface area contributed by atoms with E-state index in [4.69, 9.17) is 4.52 Å². The van der Waals surface area contributed by atoms with Crippen molar-refractivity contribution in [1.82, 2.24) is 15.5 Å². The molecule has 0 saturated carbocycles. The van der Waals surface area contributed by atoms with Gasteiger partial charge in [-0.1, -0.05) is 30.6 Å². The van der Waals surface area contributed by atoms with E-state index in [9.17, 15) is 0 Å². The van der Waals surface area contributed by atoms with Gasteiger partial charge in [0.25, 0.3) is 5.89 Å². The third kappa shape index (κ3) is 4.28. The van der Waals surface area contributed by atoms with Crippen LogP contribution in [0.1, 0.15) is 32.0 Å². The van der Waals surface area contributed by atoms with Crippen LogP contribution in [0.25, 0.3) is 10.8 Å². The molecule has 0 amide bonds. The molecule has 5 heteroatoms. The molecule has 2 aromatic rings. The predicted octanol–water partition coefficient (Wildman–Crippen LogP) is 3.88. The van der Waals surface area contributed by atoms with E-state index in [1.54, 1.807) is 11.3 Å². The minimum absolute atomic E-state index is 0.606. The van der Waals surface area contributed by atoms with Gasteiger partial charge in [-0.25, -0.2) is 0 Å². The predicted molar refractivity (Wildman–Crippen MR) is 82.5 cm³/mol. The molecule has 2 heterocycles. The Balaban J connectivity index is 1.73. The lowest BCUT2D eigenvalue weighted by Crippen LogP contribution is -2.18. The first-order valence-corrected chi connectivity index (χ1v) is 7.89. The van der Waals surface area contributed by atoms with Crippen LogP contribution in [0.2, 0.25) is 0 Å². The highest BCUT2D eigenvalue weighted by molar-refractivity contribution is 7.13. The summed E-state index contributed by atoms with van der Waals surface area (Å²) in [5, 5.41) is 9.36. The molecular formula is C15H21N3OS. The minimum atomic E-state index is 0.606. The Morgan fingerprint density at radius 3 is 3.15 bits per heavy atom. The number of rotatable bonds is 9. The molecule has 0 aliphatic heterocycles. The third-order valence-electron chi connectivity index (χ3n) is 3.29. The zero-order chi connectivity index (χ0) is 14.2. The topological polar surface area (TPSA) is 51.0 Å². The average molecular weight is 291 g/mol. The van der Waals surface area contributed by atoms with Gasteiger partial charge in [-0.2, -0.15) is 4.98 Å². The Morgan fingerprint density at radius 2 is 2.45 bits per heavy atom. The fourth-order valence-electron chi connectivity index (χ4n) is 2.06. The summed E-state index contributed by atoms with van der Waals surface area (Å²) in [6.07, 6.45) is 5.43. The van der Waals surface area contributed by atoms with Crippen LogP contribution in [-0.4, -0.2) is 16.7 Å². The fourth-order valence-corrected chi connectivity index (χ4v) is 2.70. The zero-order valence-electron chi connectivity index (χ0n) is 11.8. The van der Waals surface area contributed by atoms with Crippen LogP contribution in [0.3, 0.4) is 0 Å². The number of aromatic nitrogens is 2. The van der Waals surface area contributed by atoms with Crippen LogP contribution < -0.4 is 5.32 Å². The molecule has 0 aromatic carbocycles. The van der Waals surface area contributed by atoms with Crippen molar-refractivity contribution in [2.24, 2.45) is 5.92 Å². The number of hydrogen-bond acceptors (Lipinski definition) is 5. The molecule has 0 aliphatic rings. The Morgan fingerprint density at radius 1 is 1.55 bits per heavy atom. The van der Waals surface area contributed by atoms with Crippen LogP contribution in [0, 0.1) is 5.92 Å². The van der Waals surface area contributed by atoms with E-state index in [0.29, 0.717) is 24.2 Å². The lowest BCUT2D eigenvalue weighted by molar-refractivity contribution is 0.415. The van der Waals surface area contributed by atoms with Crippen molar-refractivity contribution in [1.29, 1.82) is 0 Å². The molecule has 0 radical (unpaired) electrons. The molecule has 0 aliphatic carbocycles. The molecule has 0 bridgehead atoms. The second-order valence-electron chi connectivity index (χ2n) is 4.76. The number of thiophene rings is 1. The first-order chi connectivity index (χ1) is 9.83. The molecular weight excluding hydrogens is 270 g/mol. The lowest BCUT2D eigenvalue weighted by Gasteiger charge is -2.11. The summed E-state index contributed by atoms with van der Waals surface area (Å²) in [6.45, 7) is 7.64. The van der Waals surface area contributed by atoms with Crippen molar-refractivity contribution >= 4 is 11.3 Å². The molecule has 2 aromatic heterocycles. The highest BCUT2D eigenvalue weighted by Crippen LogP contribution is 2.22. The molecule has 0 saturated heterocycles. The van der Waals surface area contributed by atoms with Crippen LogP contribution >= 0.6 is 11.3 Å².